The quantitative estimate of drug-likeness (QED) is 0.128. The zero-order valence-corrected chi connectivity index (χ0v) is 26.8. The fourth-order valence-corrected chi connectivity index (χ4v) is 5.28. The fourth-order valence-electron chi connectivity index (χ4n) is 4.29. The van der Waals surface area contributed by atoms with Crippen LogP contribution in [0, 0.1) is 5.82 Å². The minimum Gasteiger partial charge on any atom is -0.493 e. The number of benzene rings is 3. The first-order valence-electron chi connectivity index (χ1n) is 13.5. The molecule has 0 spiro atoms. The van der Waals surface area contributed by atoms with Crippen LogP contribution in [0.5, 0.6) is 17.2 Å². The van der Waals surface area contributed by atoms with E-state index in [0.717, 1.165) is 5.56 Å². The van der Waals surface area contributed by atoms with E-state index in [1.54, 1.807) is 56.3 Å². The molecule has 1 aliphatic heterocycles. The number of nitrogens with one attached hydrogen (secondary N) is 3. The van der Waals surface area contributed by atoms with Crippen molar-refractivity contribution in [2.45, 2.75) is 26.5 Å². The molecule has 3 aromatic rings. The number of urea groups is 1. The van der Waals surface area contributed by atoms with Gasteiger partial charge in [-0.1, -0.05) is 29.8 Å². The maximum Gasteiger partial charge on any atom is 0.338 e. The maximum absolute atomic E-state index is 13.1. The number of nitrogens with zero attached hydrogens (tertiary/aromatic N) is 1. The van der Waals surface area contributed by atoms with Crippen molar-refractivity contribution >= 4 is 51.7 Å². The molecule has 0 saturated heterocycles. The predicted octanol–water partition coefficient (Wildman–Crippen LogP) is 5.55. The molecule has 0 radical (unpaired) electrons. The normalized spacial score (nSPS) is 14.4. The Labute approximate surface area is 271 Å². The van der Waals surface area contributed by atoms with E-state index in [9.17, 15) is 18.8 Å². The molecule has 11 nitrogen and oxygen atoms in total. The second-order valence-corrected chi connectivity index (χ2v) is 10.8. The van der Waals surface area contributed by atoms with Gasteiger partial charge >= 0.3 is 12.0 Å². The van der Waals surface area contributed by atoms with Gasteiger partial charge in [0.15, 0.2) is 23.9 Å². The van der Waals surface area contributed by atoms with Crippen LogP contribution < -0.4 is 30.3 Å². The standard InChI is InChI=1S/C31H29BrClFN4O7/c1-4-43-30(40)27-17(2)36-31(41)37-28(27)20-7-10-24(25(13-20)42-3)44-16-26(39)38-35-14-19-11-22(32)29(23(33)12-19)45-15-18-5-8-21(34)9-6-18/h5-14,28H,4,15-16H2,1-3H3,(H,38,39)(H2,36,37,41)/b35-14-/t28-/m0/s1. The first-order chi connectivity index (χ1) is 21.6. The molecule has 1 aliphatic rings. The number of rotatable bonds is 12. The summed E-state index contributed by atoms with van der Waals surface area (Å²) >= 11 is 9.80. The Morgan fingerprint density at radius 2 is 1.87 bits per heavy atom. The molecular weight excluding hydrogens is 675 g/mol. The molecular formula is C31H29BrClFN4O7. The largest absolute Gasteiger partial charge is 0.493 e. The van der Waals surface area contributed by atoms with Crippen molar-refractivity contribution in [2.24, 2.45) is 5.10 Å². The average molecular weight is 704 g/mol. The van der Waals surface area contributed by atoms with Gasteiger partial charge in [-0.05, 0) is 82.9 Å². The van der Waals surface area contributed by atoms with Crippen LogP contribution in [0.2, 0.25) is 5.02 Å². The number of allylic oxidation sites excluding steroid dienone is 1. The van der Waals surface area contributed by atoms with Crippen LogP contribution in [0.3, 0.4) is 0 Å². The number of hydrogen-bond donors (Lipinski definition) is 3. The van der Waals surface area contributed by atoms with Gasteiger partial charge in [-0.25, -0.2) is 19.4 Å². The third-order valence-corrected chi connectivity index (χ3v) is 7.23. The minimum absolute atomic E-state index is 0.172. The molecule has 0 unspecified atom stereocenters. The first kappa shape index (κ1) is 33.3. The van der Waals surface area contributed by atoms with Crippen LogP contribution in [-0.4, -0.2) is 44.4 Å². The molecule has 45 heavy (non-hydrogen) atoms. The number of carbonyl (C=O) groups excluding carboxylic acids is 3. The van der Waals surface area contributed by atoms with Crippen molar-refractivity contribution in [3.05, 3.63) is 97.9 Å². The number of hydrazone groups is 1. The third kappa shape index (κ3) is 8.73. The molecule has 3 N–H and O–H groups in total. The molecule has 0 bridgehead atoms. The first-order valence-corrected chi connectivity index (χ1v) is 14.7. The number of hydrogen-bond acceptors (Lipinski definition) is 8. The van der Waals surface area contributed by atoms with E-state index >= 15 is 0 Å². The highest BCUT2D eigenvalue weighted by Crippen LogP contribution is 2.36. The second kappa shape index (κ2) is 15.4. The lowest BCUT2D eigenvalue weighted by molar-refractivity contribution is -0.139. The van der Waals surface area contributed by atoms with E-state index in [-0.39, 0.29) is 42.7 Å². The Kier molecular flexibility index (Phi) is 11.4. The number of carbonyl (C=O) groups is 3. The van der Waals surface area contributed by atoms with Crippen LogP contribution in [0.4, 0.5) is 9.18 Å². The molecule has 1 atom stereocenters. The Bertz CT molecular complexity index is 1630. The summed E-state index contributed by atoms with van der Waals surface area (Å²) in [4.78, 5) is 37.2. The Morgan fingerprint density at radius 1 is 1.11 bits per heavy atom. The van der Waals surface area contributed by atoms with Gasteiger partial charge in [0, 0.05) is 5.70 Å². The van der Waals surface area contributed by atoms with E-state index in [0.29, 0.717) is 32.1 Å². The van der Waals surface area contributed by atoms with Crippen LogP contribution in [0.25, 0.3) is 0 Å². The third-order valence-electron chi connectivity index (χ3n) is 6.36. The number of methoxy groups -OCH3 is 1. The molecule has 4 rings (SSSR count). The molecule has 236 valence electrons. The average Bonchev–Trinajstić information content (AvgIpc) is 3.00. The van der Waals surface area contributed by atoms with Gasteiger partial charge in [0.25, 0.3) is 5.91 Å². The van der Waals surface area contributed by atoms with E-state index in [1.807, 2.05) is 0 Å². The lowest BCUT2D eigenvalue weighted by atomic mass is 9.95. The fraction of sp³-hybridized carbons (Fsp3) is 0.226. The molecule has 0 saturated carbocycles. The van der Waals surface area contributed by atoms with Crippen molar-refractivity contribution in [3.8, 4) is 17.2 Å². The summed E-state index contributed by atoms with van der Waals surface area (Å²) in [6, 6.07) is 12.8. The lowest BCUT2D eigenvalue weighted by Crippen LogP contribution is -2.45. The number of halogens is 3. The molecule has 14 heteroatoms. The zero-order chi connectivity index (χ0) is 32.5. The monoisotopic (exact) mass is 702 g/mol. The molecule has 3 aromatic carbocycles. The SMILES string of the molecule is CCOC(=O)C1=C(C)NC(=O)N[C@H]1c1ccc(OCC(=O)N/N=C\c2cc(Cl)c(OCc3ccc(F)cc3)c(Br)c2)c(OC)c1. The maximum atomic E-state index is 13.1. The molecule has 0 fully saturated rings. The predicted molar refractivity (Wildman–Crippen MR) is 168 cm³/mol. The van der Waals surface area contributed by atoms with Crippen LogP contribution in [0.15, 0.2) is 75.4 Å². The second-order valence-electron chi connectivity index (χ2n) is 9.51. The molecule has 0 aliphatic carbocycles. The van der Waals surface area contributed by atoms with E-state index in [1.165, 1.54) is 25.5 Å². The zero-order valence-electron chi connectivity index (χ0n) is 24.4. The van der Waals surface area contributed by atoms with E-state index < -0.39 is 23.9 Å². The van der Waals surface area contributed by atoms with Crippen molar-refractivity contribution in [2.75, 3.05) is 20.3 Å². The van der Waals surface area contributed by atoms with Gasteiger partial charge in [-0.3, -0.25) is 4.79 Å². The summed E-state index contributed by atoms with van der Waals surface area (Å²) in [5.41, 5.74) is 4.90. The van der Waals surface area contributed by atoms with Gasteiger partial charge < -0.3 is 29.6 Å². The van der Waals surface area contributed by atoms with Crippen molar-refractivity contribution in [3.63, 3.8) is 0 Å². The highest BCUT2D eigenvalue weighted by molar-refractivity contribution is 9.10. The van der Waals surface area contributed by atoms with Gasteiger partial charge in [-0.15, -0.1) is 0 Å². The van der Waals surface area contributed by atoms with Gasteiger partial charge in [0.1, 0.15) is 12.4 Å². The molecule has 3 amide bonds. The summed E-state index contributed by atoms with van der Waals surface area (Å²) in [7, 11) is 1.42. The van der Waals surface area contributed by atoms with Crippen LogP contribution in [0.1, 0.15) is 36.6 Å². The summed E-state index contributed by atoms with van der Waals surface area (Å²) in [5, 5.41) is 9.56. The van der Waals surface area contributed by atoms with Crippen LogP contribution >= 0.6 is 27.5 Å². The van der Waals surface area contributed by atoms with Gasteiger partial charge in [0.05, 0.1) is 41.0 Å². The number of amides is 3. The van der Waals surface area contributed by atoms with Crippen molar-refractivity contribution < 1.29 is 37.7 Å². The molecule has 0 aromatic heterocycles. The van der Waals surface area contributed by atoms with Gasteiger partial charge in [-0.2, -0.15) is 5.10 Å². The highest BCUT2D eigenvalue weighted by atomic mass is 79.9. The Hall–Kier alpha value is -4.62. The summed E-state index contributed by atoms with van der Waals surface area (Å²) in [5.74, 6) is -0.509. The summed E-state index contributed by atoms with van der Waals surface area (Å²) in [6.45, 7) is 3.28. The smallest absolute Gasteiger partial charge is 0.338 e. The highest BCUT2D eigenvalue weighted by Gasteiger charge is 2.32. The van der Waals surface area contributed by atoms with E-state index in [2.05, 4.69) is 37.1 Å². The summed E-state index contributed by atoms with van der Waals surface area (Å²) < 4.78 is 35.7. The topological polar surface area (TPSA) is 137 Å². The van der Waals surface area contributed by atoms with Crippen LogP contribution in [-0.2, 0) is 20.9 Å². The lowest BCUT2D eigenvalue weighted by Gasteiger charge is -2.28. The van der Waals surface area contributed by atoms with Crippen molar-refractivity contribution in [1.29, 1.82) is 0 Å². The minimum atomic E-state index is -0.789. The number of ether oxygens (including phenoxy) is 4. The number of esters is 1. The van der Waals surface area contributed by atoms with E-state index in [4.69, 9.17) is 30.5 Å². The molecule has 1 heterocycles. The Morgan fingerprint density at radius 3 is 2.56 bits per heavy atom. The summed E-state index contributed by atoms with van der Waals surface area (Å²) in [6.07, 6.45) is 1.40. The van der Waals surface area contributed by atoms with Crippen molar-refractivity contribution in [1.82, 2.24) is 16.1 Å². The Balaban J connectivity index is 1.35. The van der Waals surface area contributed by atoms with Gasteiger partial charge in [0.2, 0.25) is 0 Å².